The number of rotatable bonds is 10. The van der Waals surface area contributed by atoms with E-state index in [0.717, 1.165) is 15.4 Å². The number of carbonyl (C=O) groups is 1. The van der Waals surface area contributed by atoms with Gasteiger partial charge in [-0.1, -0.05) is 55.0 Å². The van der Waals surface area contributed by atoms with Crippen molar-refractivity contribution >= 4 is 21.6 Å². The van der Waals surface area contributed by atoms with Crippen molar-refractivity contribution in [2.75, 3.05) is 24.0 Å². The molecule has 0 aliphatic carbocycles. The van der Waals surface area contributed by atoms with Gasteiger partial charge >= 0.3 is 0 Å². The van der Waals surface area contributed by atoms with Crippen LogP contribution < -0.4 is 14.4 Å². The zero-order valence-corrected chi connectivity index (χ0v) is 20.0. The molecule has 0 heterocycles. The second-order valence-electron chi connectivity index (χ2n) is 7.87. The third-order valence-corrected chi connectivity index (χ3v) is 7.09. The molecule has 3 aromatic carbocycles. The van der Waals surface area contributed by atoms with Crippen molar-refractivity contribution in [3.05, 3.63) is 90.0 Å². The molecular weight excluding hydrogens is 436 g/mol. The third-order valence-electron chi connectivity index (χ3n) is 5.31. The number of sulfonamides is 1. The van der Waals surface area contributed by atoms with Crippen molar-refractivity contribution in [1.29, 1.82) is 0 Å². The SMILES string of the molecule is CCOc1ccc(N(CC(=O)NC[C@@H](C)c2ccccc2)S(=O)(=O)c2ccc(C)cc2)cc1. The molecule has 7 heteroatoms. The van der Waals surface area contributed by atoms with E-state index < -0.39 is 10.0 Å². The number of nitrogens with one attached hydrogen (secondary N) is 1. The molecule has 174 valence electrons. The predicted molar refractivity (Wildman–Crippen MR) is 131 cm³/mol. The van der Waals surface area contributed by atoms with E-state index in [1.54, 1.807) is 48.5 Å². The Hall–Kier alpha value is -3.32. The molecular formula is C26H30N2O4S. The van der Waals surface area contributed by atoms with Gasteiger partial charge in [-0.15, -0.1) is 0 Å². The van der Waals surface area contributed by atoms with Crippen molar-refractivity contribution in [2.45, 2.75) is 31.6 Å². The van der Waals surface area contributed by atoms with Crippen molar-refractivity contribution in [1.82, 2.24) is 5.32 Å². The first-order chi connectivity index (χ1) is 15.8. The molecule has 0 unspecified atom stereocenters. The van der Waals surface area contributed by atoms with Gasteiger partial charge in [0.1, 0.15) is 12.3 Å². The number of hydrogen-bond donors (Lipinski definition) is 1. The second-order valence-corrected chi connectivity index (χ2v) is 9.73. The lowest BCUT2D eigenvalue weighted by atomic mass is 10.0. The van der Waals surface area contributed by atoms with Crippen molar-refractivity contribution < 1.29 is 17.9 Å². The van der Waals surface area contributed by atoms with Gasteiger partial charge in [-0.3, -0.25) is 9.10 Å². The van der Waals surface area contributed by atoms with Crippen LogP contribution in [0.25, 0.3) is 0 Å². The Kier molecular flexibility index (Phi) is 8.11. The van der Waals surface area contributed by atoms with Crippen LogP contribution in [0.5, 0.6) is 5.75 Å². The standard InChI is InChI=1S/C26H30N2O4S/c1-4-32-24-14-12-23(13-15-24)28(33(30,31)25-16-10-20(2)11-17-25)19-26(29)27-18-21(3)22-8-6-5-7-9-22/h5-17,21H,4,18-19H2,1-3H3,(H,27,29)/t21-/m1/s1. The highest BCUT2D eigenvalue weighted by Crippen LogP contribution is 2.26. The predicted octanol–water partition coefficient (Wildman–Crippen LogP) is 4.51. The first-order valence-corrected chi connectivity index (χ1v) is 12.4. The van der Waals surface area contributed by atoms with Crippen LogP contribution in [0, 0.1) is 6.92 Å². The fraction of sp³-hybridized carbons (Fsp3) is 0.269. The van der Waals surface area contributed by atoms with E-state index in [4.69, 9.17) is 4.74 Å². The number of aryl methyl sites for hydroxylation is 1. The van der Waals surface area contributed by atoms with Gasteiger partial charge < -0.3 is 10.1 Å². The van der Waals surface area contributed by atoms with Crippen molar-refractivity contribution in [2.24, 2.45) is 0 Å². The molecule has 0 aromatic heterocycles. The monoisotopic (exact) mass is 466 g/mol. The van der Waals surface area contributed by atoms with Crippen LogP contribution in [0.3, 0.4) is 0 Å². The lowest BCUT2D eigenvalue weighted by Crippen LogP contribution is -2.41. The summed E-state index contributed by atoms with van der Waals surface area (Å²) in [6.45, 7) is 6.37. The molecule has 1 N–H and O–H groups in total. The van der Waals surface area contributed by atoms with E-state index in [1.165, 1.54) is 0 Å². The molecule has 3 rings (SSSR count). The Morgan fingerprint density at radius 3 is 2.21 bits per heavy atom. The average Bonchev–Trinajstić information content (AvgIpc) is 2.82. The average molecular weight is 467 g/mol. The minimum atomic E-state index is -3.95. The number of carbonyl (C=O) groups excluding carboxylic acids is 1. The van der Waals surface area contributed by atoms with Crippen LogP contribution in [-0.4, -0.2) is 34.0 Å². The highest BCUT2D eigenvalue weighted by molar-refractivity contribution is 7.92. The molecule has 33 heavy (non-hydrogen) atoms. The van der Waals surface area contributed by atoms with E-state index in [9.17, 15) is 13.2 Å². The Morgan fingerprint density at radius 1 is 0.970 bits per heavy atom. The Bertz CT molecular complexity index is 1150. The molecule has 0 spiro atoms. The molecule has 3 aromatic rings. The molecule has 0 aliphatic rings. The quantitative estimate of drug-likeness (QED) is 0.477. The highest BCUT2D eigenvalue weighted by atomic mass is 32.2. The van der Waals surface area contributed by atoms with Gasteiger partial charge in [0.15, 0.2) is 0 Å². The van der Waals surface area contributed by atoms with Gasteiger partial charge in [0.25, 0.3) is 10.0 Å². The molecule has 0 saturated carbocycles. The number of hydrogen-bond acceptors (Lipinski definition) is 4. The maximum absolute atomic E-state index is 13.5. The Labute approximate surface area is 196 Å². The summed E-state index contributed by atoms with van der Waals surface area (Å²) in [4.78, 5) is 13.0. The summed E-state index contributed by atoms with van der Waals surface area (Å²) < 4.78 is 33.5. The van der Waals surface area contributed by atoms with Gasteiger partial charge in [0.05, 0.1) is 17.2 Å². The minimum absolute atomic E-state index is 0.0998. The smallest absolute Gasteiger partial charge is 0.264 e. The van der Waals surface area contributed by atoms with Gasteiger partial charge in [0.2, 0.25) is 5.91 Å². The summed E-state index contributed by atoms with van der Waals surface area (Å²) >= 11 is 0. The van der Waals surface area contributed by atoms with E-state index in [2.05, 4.69) is 5.32 Å². The van der Waals surface area contributed by atoms with E-state index >= 15 is 0 Å². The highest BCUT2D eigenvalue weighted by Gasteiger charge is 2.27. The van der Waals surface area contributed by atoms with E-state index in [0.29, 0.717) is 24.6 Å². The van der Waals surface area contributed by atoms with Gasteiger partial charge in [-0.25, -0.2) is 8.42 Å². The third kappa shape index (κ3) is 6.35. The molecule has 0 aliphatic heterocycles. The minimum Gasteiger partial charge on any atom is -0.494 e. The van der Waals surface area contributed by atoms with Crippen LogP contribution in [0.2, 0.25) is 0 Å². The summed E-state index contributed by atoms with van der Waals surface area (Å²) in [5.41, 5.74) is 2.45. The molecule has 1 amide bonds. The largest absolute Gasteiger partial charge is 0.494 e. The summed E-state index contributed by atoms with van der Waals surface area (Å²) in [6, 6.07) is 23.2. The van der Waals surface area contributed by atoms with Crippen molar-refractivity contribution in [3.8, 4) is 5.75 Å². The normalized spacial score (nSPS) is 12.1. The fourth-order valence-corrected chi connectivity index (χ4v) is 4.80. The first kappa shape index (κ1) is 24.3. The number of anilines is 1. The fourth-order valence-electron chi connectivity index (χ4n) is 3.38. The summed E-state index contributed by atoms with van der Waals surface area (Å²) in [5, 5.41) is 2.88. The summed E-state index contributed by atoms with van der Waals surface area (Å²) in [7, 11) is -3.95. The second kappa shape index (κ2) is 11.0. The molecule has 0 saturated heterocycles. The maximum atomic E-state index is 13.5. The van der Waals surface area contributed by atoms with Crippen molar-refractivity contribution in [3.63, 3.8) is 0 Å². The van der Waals surface area contributed by atoms with Gasteiger partial charge in [-0.2, -0.15) is 0 Å². The zero-order valence-electron chi connectivity index (χ0n) is 19.2. The molecule has 0 bridgehead atoms. The number of benzene rings is 3. The topological polar surface area (TPSA) is 75.7 Å². The maximum Gasteiger partial charge on any atom is 0.264 e. The van der Waals surface area contributed by atoms with Gasteiger partial charge in [-0.05, 0) is 61.7 Å². The van der Waals surface area contributed by atoms with Gasteiger partial charge in [0, 0.05) is 6.54 Å². The first-order valence-electron chi connectivity index (χ1n) is 10.9. The van der Waals surface area contributed by atoms with Crippen LogP contribution in [0.15, 0.2) is 83.8 Å². The molecule has 6 nitrogen and oxygen atoms in total. The molecule has 0 radical (unpaired) electrons. The van der Waals surface area contributed by atoms with Crippen LogP contribution >= 0.6 is 0 Å². The lowest BCUT2D eigenvalue weighted by Gasteiger charge is -2.25. The number of nitrogens with zero attached hydrogens (tertiary/aromatic N) is 1. The Balaban J connectivity index is 1.82. The molecule has 0 fully saturated rings. The lowest BCUT2D eigenvalue weighted by molar-refractivity contribution is -0.119. The van der Waals surface area contributed by atoms with Crippen LogP contribution in [0.4, 0.5) is 5.69 Å². The molecule has 1 atom stereocenters. The van der Waals surface area contributed by atoms with E-state index in [1.807, 2.05) is 51.1 Å². The Morgan fingerprint density at radius 2 is 1.61 bits per heavy atom. The number of ether oxygens (including phenoxy) is 1. The summed E-state index contributed by atoms with van der Waals surface area (Å²) in [6.07, 6.45) is 0. The summed E-state index contributed by atoms with van der Waals surface area (Å²) in [5.74, 6) is 0.361. The van der Waals surface area contributed by atoms with E-state index in [-0.39, 0.29) is 23.3 Å². The van der Waals surface area contributed by atoms with Crippen LogP contribution in [-0.2, 0) is 14.8 Å². The zero-order chi connectivity index (χ0) is 23.8. The van der Waals surface area contributed by atoms with Crippen LogP contribution in [0.1, 0.15) is 30.9 Å². The number of amides is 1.